The normalized spacial score (nSPS) is 11.1. The van der Waals surface area contributed by atoms with Crippen molar-refractivity contribution in [3.63, 3.8) is 0 Å². The molecular weight excluding hydrogens is 392 g/mol. The first-order valence-corrected chi connectivity index (χ1v) is 17.1. The van der Waals surface area contributed by atoms with Crippen LogP contribution in [0.3, 0.4) is 0 Å². The van der Waals surface area contributed by atoms with Crippen LogP contribution in [0.1, 0.15) is 11.1 Å². The highest BCUT2D eigenvalue weighted by atomic mass is 28.3. The fraction of sp³-hybridized carbons (Fsp3) is 0.214. The quantitative estimate of drug-likeness (QED) is 0.354. The van der Waals surface area contributed by atoms with Gasteiger partial charge in [-0.25, -0.2) is 0 Å². The van der Waals surface area contributed by atoms with Crippen LogP contribution in [0.4, 0.5) is 0 Å². The van der Waals surface area contributed by atoms with E-state index in [0.717, 1.165) is 22.3 Å². The lowest BCUT2D eigenvalue weighted by molar-refractivity contribution is 1.64. The lowest BCUT2D eigenvalue weighted by atomic mass is 10.1. The second-order valence-electron chi connectivity index (χ2n) is 8.98. The van der Waals surface area contributed by atoms with E-state index in [1.54, 1.807) is 0 Å². The summed E-state index contributed by atoms with van der Waals surface area (Å²) in [4.78, 5) is 0. The van der Waals surface area contributed by atoms with E-state index >= 15 is 0 Å². The second kappa shape index (κ2) is 10.6. The number of hydrogen-bond acceptors (Lipinski definition) is 0. The van der Waals surface area contributed by atoms with Crippen molar-refractivity contribution in [2.75, 3.05) is 0 Å². The van der Waals surface area contributed by atoms with Gasteiger partial charge in [-0.15, -0.1) is 11.1 Å². The molecule has 0 nitrogen and oxygen atoms in total. The summed E-state index contributed by atoms with van der Waals surface area (Å²) in [6.45, 7) is 13.4. The van der Waals surface area contributed by atoms with Crippen molar-refractivity contribution in [2.24, 2.45) is 0 Å². The zero-order chi connectivity index (χ0) is 22.0. The molecule has 0 aliphatic carbocycles. The van der Waals surface area contributed by atoms with Crippen molar-refractivity contribution in [3.05, 3.63) is 82.9 Å². The van der Waals surface area contributed by atoms with E-state index in [9.17, 15) is 0 Å². The number of allylic oxidation sites excluding steroid dienone is 2. The Morgan fingerprint density at radius 1 is 0.500 bits per heavy atom. The Labute approximate surface area is 184 Å². The van der Waals surface area contributed by atoms with Gasteiger partial charge >= 0.3 is 0 Å². The maximum Gasteiger partial charge on any atom is 0.129 e. The fourth-order valence-corrected chi connectivity index (χ4v) is 3.12. The Balaban J connectivity index is 2.68. The van der Waals surface area contributed by atoms with E-state index in [4.69, 9.17) is 0 Å². The largest absolute Gasteiger partial charge is 0.129 e. The molecular formula is C28H28Si2. The van der Waals surface area contributed by atoms with Gasteiger partial charge in [0.25, 0.3) is 0 Å². The maximum atomic E-state index is 3.44. The molecule has 0 aromatic heterocycles. The maximum absolute atomic E-state index is 3.44. The minimum atomic E-state index is -1.57. The molecule has 0 saturated carbocycles. The molecule has 0 aliphatic rings. The molecule has 2 aromatic rings. The van der Waals surface area contributed by atoms with Crippen LogP contribution in [0.5, 0.6) is 0 Å². The highest BCUT2D eigenvalue weighted by molar-refractivity contribution is 6.84. The van der Waals surface area contributed by atoms with Crippen LogP contribution in [0.15, 0.2) is 71.8 Å². The first kappa shape index (κ1) is 23.1. The van der Waals surface area contributed by atoms with Gasteiger partial charge in [-0.05, 0) is 24.3 Å². The highest BCUT2D eigenvalue weighted by Crippen LogP contribution is 2.08. The van der Waals surface area contributed by atoms with E-state index in [0.29, 0.717) is 0 Å². The van der Waals surface area contributed by atoms with E-state index in [1.165, 1.54) is 0 Å². The lowest BCUT2D eigenvalue weighted by Crippen LogP contribution is -2.17. The van der Waals surface area contributed by atoms with Gasteiger partial charge in [-0.3, -0.25) is 0 Å². The molecule has 148 valence electrons. The van der Waals surface area contributed by atoms with Gasteiger partial charge in [0.2, 0.25) is 0 Å². The van der Waals surface area contributed by atoms with Crippen LogP contribution in [0, 0.1) is 46.6 Å². The minimum Gasteiger partial charge on any atom is -0.126 e. The van der Waals surface area contributed by atoms with Crippen molar-refractivity contribution in [3.8, 4) is 46.6 Å². The van der Waals surface area contributed by atoms with Crippen LogP contribution in [-0.4, -0.2) is 16.1 Å². The topological polar surface area (TPSA) is 0 Å². The molecule has 2 heteroatoms. The molecule has 0 fully saturated rings. The van der Waals surface area contributed by atoms with Crippen molar-refractivity contribution in [1.29, 1.82) is 0 Å². The zero-order valence-corrected chi connectivity index (χ0v) is 20.8. The van der Waals surface area contributed by atoms with E-state index in [1.807, 2.05) is 60.7 Å². The Morgan fingerprint density at radius 3 is 1.13 bits per heavy atom. The predicted octanol–water partition coefficient (Wildman–Crippen LogP) is 6.15. The smallest absolute Gasteiger partial charge is 0.126 e. The van der Waals surface area contributed by atoms with Crippen LogP contribution in [-0.2, 0) is 0 Å². The molecule has 2 rings (SSSR count). The summed E-state index contributed by atoms with van der Waals surface area (Å²) in [6, 6.07) is 19.9. The molecule has 0 unspecified atom stereocenters. The molecule has 0 bridgehead atoms. The molecule has 0 spiro atoms. The average Bonchev–Trinajstić information content (AvgIpc) is 2.69. The van der Waals surface area contributed by atoms with Gasteiger partial charge < -0.3 is 0 Å². The molecule has 0 amide bonds. The van der Waals surface area contributed by atoms with Gasteiger partial charge in [-0.2, -0.15) is 0 Å². The van der Waals surface area contributed by atoms with Crippen molar-refractivity contribution >= 4 is 16.1 Å². The van der Waals surface area contributed by atoms with Gasteiger partial charge in [-0.1, -0.05) is 111 Å². The standard InChI is InChI=1S/C28H28Si2/c1-29(2,3)23-21-27(19-17-25-13-9-7-10-14-25)28(22-24-30(4,5)6)20-18-26-15-11-8-12-16-26/h7-16H,1-6H3/b28-27+. The third-order valence-electron chi connectivity index (χ3n) is 3.59. The van der Waals surface area contributed by atoms with E-state index < -0.39 is 16.1 Å². The lowest BCUT2D eigenvalue weighted by Gasteiger charge is -2.04. The van der Waals surface area contributed by atoms with Gasteiger partial charge in [0, 0.05) is 11.1 Å². The van der Waals surface area contributed by atoms with E-state index in [2.05, 4.69) is 85.9 Å². The summed E-state index contributed by atoms with van der Waals surface area (Å²) in [5.74, 6) is 19.7. The number of rotatable bonds is 0. The molecule has 0 atom stereocenters. The average molecular weight is 421 g/mol. The van der Waals surface area contributed by atoms with E-state index in [-0.39, 0.29) is 0 Å². The number of hydrogen-bond donors (Lipinski definition) is 0. The highest BCUT2D eigenvalue weighted by Gasteiger charge is 2.10. The molecule has 0 radical (unpaired) electrons. The summed E-state index contributed by atoms with van der Waals surface area (Å²) in [5.41, 5.74) is 10.2. The second-order valence-corrected chi connectivity index (χ2v) is 18.5. The Morgan fingerprint density at radius 2 is 0.833 bits per heavy atom. The Hall–Kier alpha value is -3.15. The first-order chi connectivity index (χ1) is 14.1. The summed E-state index contributed by atoms with van der Waals surface area (Å²) in [5, 5.41) is 0. The summed E-state index contributed by atoms with van der Waals surface area (Å²) in [6.07, 6.45) is 0. The van der Waals surface area contributed by atoms with Gasteiger partial charge in [0.05, 0.1) is 11.1 Å². The van der Waals surface area contributed by atoms with Gasteiger partial charge in [0.15, 0.2) is 0 Å². The summed E-state index contributed by atoms with van der Waals surface area (Å²) in [7, 11) is -3.14. The van der Waals surface area contributed by atoms with Crippen molar-refractivity contribution in [1.82, 2.24) is 0 Å². The van der Waals surface area contributed by atoms with Crippen molar-refractivity contribution in [2.45, 2.75) is 39.3 Å². The Bertz CT molecular complexity index is 1050. The van der Waals surface area contributed by atoms with Crippen LogP contribution < -0.4 is 0 Å². The molecule has 0 N–H and O–H groups in total. The molecule has 0 aliphatic heterocycles. The number of benzene rings is 2. The molecule has 30 heavy (non-hydrogen) atoms. The zero-order valence-electron chi connectivity index (χ0n) is 18.8. The third kappa shape index (κ3) is 9.37. The Kier molecular flexibility index (Phi) is 8.16. The molecule has 0 saturated heterocycles. The predicted molar refractivity (Wildman–Crippen MR) is 136 cm³/mol. The van der Waals surface area contributed by atoms with Crippen LogP contribution in [0.2, 0.25) is 39.3 Å². The van der Waals surface area contributed by atoms with Crippen LogP contribution in [0.25, 0.3) is 0 Å². The SMILES string of the molecule is C[Si](C)(C)C#C/C(C#Cc1ccccc1)=C(\C#Cc1ccccc1)C#C[Si](C)(C)C. The van der Waals surface area contributed by atoms with Crippen molar-refractivity contribution < 1.29 is 0 Å². The van der Waals surface area contributed by atoms with Crippen LogP contribution >= 0.6 is 0 Å². The minimum absolute atomic E-state index is 0.718. The third-order valence-corrected chi connectivity index (χ3v) is 5.34. The fourth-order valence-electron chi connectivity index (χ4n) is 2.12. The monoisotopic (exact) mass is 420 g/mol. The van der Waals surface area contributed by atoms with Gasteiger partial charge in [0.1, 0.15) is 16.1 Å². The first-order valence-electron chi connectivity index (χ1n) is 10.1. The molecule has 2 aromatic carbocycles. The summed E-state index contributed by atoms with van der Waals surface area (Å²) >= 11 is 0. The summed E-state index contributed by atoms with van der Waals surface area (Å²) < 4.78 is 0. The molecule has 0 heterocycles.